The first kappa shape index (κ1) is 13.6. The molecule has 0 aliphatic heterocycles. The minimum atomic E-state index is 0.648. The molecule has 2 nitrogen and oxygen atoms in total. The minimum Gasteiger partial charge on any atom is -0.333 e. The fourth-order valence-corrected chi connectivity index (χ4v) is 2.05. The fraction of sp³-hybridized carbons (Fsp3) is 0.769. The van der Waals surface area contributed by atoms with Gasteiger partial charge in [-0.05, 0) is 6.42 Å². The van der Waals surface area contributed by atoms with Crippen molar-refractivity contribution in [3.05, 3.63) is 17.2 Å². The Bertz CT molecular complexity index is 271. The van der Waals surface area contributed by atoms with Crippen molar-refractivity contribution in [2.45, 2.75) is 64.7 Å². The zero-order valence-electron chi connectivity index (χ0n) is 10.3. The van der Waals surface area contributed by atoms with Crippen molar-refractivity contribution in [2.24, 2.45) is 0 Å². The van der Waals surface area contributed by atoms with Crippen molar-refractivity contribution >= 4 is 11.6 Å². The molecule has 3 heteroatoms. The van der Waals surface area contributed by atoms with Gasteiger partial charge in [-0.2, -0.15) is 0 Å². The van der Waals surface area contributed by atoms with Gasteiger partial charge in [-0.15, -0.1) is 0 Å². The van der Waals surface area contributed by atoms with Gasteiger partial charge in [-0.1, -0.05) is 63.5 Å². The van der Waals surface area contributed by atoms with Crippen molar-refractivity contribution in [2.75, 3.05) is 0 Å². The van der Waals surface area contributed by atoms with Crippen LogP contribution in [-0.2, 0) is 6.42 Å². The molecule has 0 aliphatic rings. The molecule has 0 unspecified atom stereocenters. The minimum absolute atomic E-state index is 0.648. The third-order valence-electron chi connectivity index (χ3n) is 2.86. The lowest BCUT2D eigenvalue weighted by Gasteiger charge is -2.00. The summed E-state index contributed by atoms with van der Waals surface area (Å²) < 4.78 is 0. The summed E-state index contributed by atoms with van der Waals surface area (Å²) in [5, 5.41) is 0.648. The second-order valence-electron chi connectivity index (χ2n) is 4.40. The molecule has 1 aromatic rings. The first-order chi connectivity index (χ1) is 7.83. The van der Waals surface area contributed by atoms with E-state index in [1.165, 1.54) is 51.4 Å². The Morgan fingerprint density at radius 1 is 1.06 bits per heavy atom. The van der Waals surface area contributed by atoms with Gasteiger partial charge in [0.25, 0.3) is 0 Å². The van der Waals surface area contributed by atoms with E-state index in [4.69, 9.17) is 11.6 Å². The van der Waals surface area contributed by atoms with Crippen molar-refractivity contribution in [1.82, 2.24) is 9.97 Å². The highest BCUT2D eigenvalue weighted by atomic mass is 35.5. The van der Waals surface area contributed by atoms with Gasteiger partial charge >= 0.3 is 0 Å². The molecule has 1 aromatic heterocycles. The molecule has 0 radical (unpaired) electrons. The van der Waals surface area contributed by atoms with Crippen LogP contribution in [0.3, 0.4) is 0 Å². The Morgan fingerprint density at radius 3 is 2.25 bits per heavy atom. The van der Waals surface area contributed by atoms with Crippen LogP contribution in [0.25, 0.3) is 0 Å². The van der Waals surface area contributed by atoms with Crippen LogP contribution in [0.15, 0.2) is 6.20 Å². The smallest absolute Gasteiger partial charge is 0.126 e. The number of rotatable bonds is 9. The molecule has 92 valence electrons. The van der Waals surface area contributed by atoms with E-state index in [0.29, 0.717) is 5.15 Å². The number of nitrogens with one attached hydrogen (secondary N) is 1. The number of aromatic nitrogens is 2. The first-order valence-corrected chi connectivity index (χ1v) is 6.90. The quantitative estimate of drug-likeness (QED) is 0.622. The maximum absolute atomic E-state index is 5.75. The Hall–Kier alpha value is -0.500. The maximum Gasteiger partial charge on any atom is 0.126 e. The van der Waals surface area contributed by atoms with E-state index in [1.807, 2.05) is 0 Å². The molecule has 16 heavy (non-hydrogen) atoms. The van der Waals surface area contributed by atoms with Crippen LogP contribution < -0.4 is 0 Å². The lowest BCUT2D eigenvalue weighted by atomic mass is 10.1. The SMILES string of the molecule is CCCCCCCCCCc1ncc(Cl)[nH]1. The summed E-state index contributed by atoms with van der Waals surface area (Å²) in [5.74, 6) is 1.02. The summed E-state index contributed by atoms with van der Waals surface area (Å²) in [6, 6.07) is 0. The fourth-order valence-electron chi connectivity index (χ4n) is 1.89. The number of hydrogen-bond donors (Lipinski definition) is 1. The molecule has 0 aliphatic carbocycles. The largest absolute Gasteiger partial charge is 0.333 e. The molecular weight excluding hydrogens is 220 g/mol. The molecule has 1 N–H and O–H groups in total. The Balaban J connectivity index is 1.88. The average molecular weight is 243 g/mol. The van der Waals surface area contributed by atoms with E-state index in [1.54, 1.807) is 6.20 Å². The van der Waals surface area contributed by atoms with Gasteiger partial charge in [0.15, 0.2) is 0 Å². The molecule has 0 bridgehead atoms. The highest BCUT2D eigenvalue weighted by molar-refractivity contribution is 6.29. The van der Waals surface area contributed by atoms with Crippen LogP contribution in [0, 0.1) is 0 Å². The van der Waals surface area contributed by atoms with Crippen molar-refractivity contribution in [3.8, 4) is 0 Å². The molecule has 1 rings (SSSR count). The van der Waals surface area contributed by atoms with Crippen molar-refractivity contribution < 1.29 is 0 Å². The lowest BCUT2D eigenvalue weighted by molar-refractivity contribution is 0.572. The second kappa shape index (κ2) is 8.63. The molecule has 0 aromatic carbocycles. The number of nitrogens with zero attached hydrogens (tertiary/aromatic N) is 1. The van der Waals surface area contributed by atoms with Gasteiger partial charge in [0, 0.05) is 6.42 Å². The molecule has 0 spiro atoms. The molecule has 0 saturated carbocycles. The van der Waals surface area contributed by atoms with E-state index >= 15 is 0 Å². The highest BCUT2D eigenvalue weighted by Gasteiger charge is 1.98. The molecule has 0 atom stereocenters. The summed E-state index contributed by atoms with van der Waals surface area (Å²) in [6.45, 7) is 2.26. The van der Waals surface area contributed by atoms with Crippen molar-refractivity contribution in [3.63, 3.8) is 0 Å². The second-order valence-corrected chi connectivity index (χ2v) is 4.81. The van der Waals surface area contributed by atoms with Crippen LogP contribution in [-0.4, -0.2) is 9.97 Å². The van der Waals surface area contributed by atoms with Crippen LogP contribution in [0.2, 0.25) is 5.15 Å². The standard InChI is InChI=1S/C13H23ClN2/c1-2-3-4-5-6-7-8-9-10-13-15-11-12(14)16-13/h11H,2-10H2,1H3,(H,15,16). The predicted molar refractivity (Wildman–Crippen MR) is 69.9 cm³/mol. The zero-order valence-corrected chi connectivity index (χ0v) is 11.0. The highest BCUT2D eigenvalue weighted by Crippen LogP contribution is 2.11. The van der Waals surface area contributed by atoms with Crippen LogP contribution >= 0.6 is 11.6 Å². The summed E-state index contributed by atoms with van der Waals surface area (Å²) >= 11 is 5.75. The molecule has 0 amide bonds. The van der Waals surface area contributed by atoms with E-state index in [9.17, 15) is 0 Å². The predicted octanol–water partition coefficient (Wildman–Crippen LogP) is 4.75. The Morgan fingerprint density at radius 2 is 1.69 bits per heavy atom. The van der Waals surface area contributed by atoms with E-state index < -0.39 is 0 Å². The topological polar surface area (TPSA) is 28.7 Å². The van der Waals surface area contributed by atoms with Crippen LogP contribution in [0.1, 0.15) is 64.1 Å². The number of H-pyrrole nitrogens is 1. The summed E-state index contributed by atoms with van der Waals surface area (Å²) in [6.07, 6.45) is 13.5. The third-order valence-corrected chi connectivity index (χ3v) is 3.06. The van der Waals surface area contributed by atoms with Crippen LogP contribution in [0.5, 0.6) is 0 Å². The summed E-state index contributed by atoms with van der Waals surface area (Å²) in [4.78, 5) is 7.24. The molecule has 0 fully saturated rings. The molecule has 0 saturated heterocycles. The first-order valence-electron chi connectivity index (χ1n) is 6.52. The third kappa shape index (κ3) is 6.16. The Labute approximate surface area is 104 Å². The monoisotopic (exact) mass is 242 g/mol. The zero-order chi connectivity index (χ0) is 11.6. The number of hydrogen-bond acceptors (Lipinski definition) is 1. The van der Waals surface area contributed by atoms with Gasteiger partial charge in [0.05, 0.1) is 6.20 Å². The number of imidazole rings is 1. The van der Waals surface area contributed by atoms with Gasteiger partial charge in [0.1, 0.15) is 11.0 Å². The number of aryl methyl sites for hydroxylation is 1. The average Bonchev–Trinajstić information content (AvgIpc) is 2.68. The number of halogens is 1. The van der Waals surface area contributed by atoms with Gasteiger partial charge in [0.2, 0.25) is 0 Å². The van der Waals surface area contributed by atoms with E-state index in [0.717, 1.165) is 12.2 Å². The van der Waals surface area contributed by atoms with Crippen molar-refractivity contribution in [1.29, 1.82) is 0 Å². The maximum atomic E-state index is 5.75. The van der Waals surface area contributed by atoms with E-state index in [2.05, 4.69) is 16.9 Å². The van der Waals surface area contributed by atoms with Gasteiger partial charge in [-0.25, -0.2) is 4.98 Å². The number of unbranched alkanes of at least 4 members (excludes halogenated alkanes) is 7. The Kier molecular flexibility index (Phi) is 7.32. The van der Waals surface area contributed by atoms with E-state index in [-0.39, 0.29) is 0 Å². The molecule has 1 heterocycles. The van der Waals surface area contributed by atoms with Crippen LogP contribution in [0.4, 0.5) is 0 Å². The van der Waals surface area contributed by atoms with Gasteiger partial charge < -0.3 is 4.98 Å². The number of aromatic amines is 1. The lowest BCUT2D eigenvalue weighted by Crippen LogP contribution is -1.88. The normalized spacial score (nSPS) is 10.9. The summed E-state index contributed by atoms with van der Waals surface area (Å²) in [7, 11) is 0. The van der Waals surface area contributed by atoms with Gasteiger partial charge in [-0.3, -0.25) is 0 Å². The summed E-state index contributed by atoms with van der Waals surface area (Å²) in [5.41, 5.74) is 0. The molecular formula is C13H23ClN2.